The van der Waals surface area contributed by atoms with E-state index in [0.29, 0.717) is 40.8 Å². The lowest BCUT2D eigenvalue weighted by Crippen LogP contribution is -2.35. The first-order chi connectivity index (χ1) is 10.2. The molecule has 6 heteroatoms. The van der Waals surface area contributed by atoms with Gasteiger partial charge in [-0.2, -0.15) is 4.31 Å². The highest BCUT2D eigenvalue weighted by Gasteiger charge is 2.25. The maximum atomic E-state index is 12.8. The Bertz CT molecular complexity index is 574. The molecule has 0 unspecified atom stereocenters. The molecule has 0 amide bonds. The van der Waals surface area contributed by atoms with Crippen LogP contribution in [-0.4, -0.2) is 46.5 Å². The van der Waals surface area contributed by atoms with Gasteiger partial charge >= 0.3 is 0 Å². The summed E-state index contributed by atoms with van der Waals surface area (Å²) in [6.07, 6.45) is 0. The van der Waals surface area contributed by atoms with Crippen molar-refractivity contribution in [2.24, 2.45) is 5.92 Å². The molecule has 1 N–H and O–H groups in total. The van der Waals surface area contributed by atoms with Crippen molar-refractivity contribution in [3.8, 4) is 5.75 Å². The number of nitrogens with one attached hydrogen (secondary N) is 1. The van der Waals surface area contributed by atoms with Gasteiger partial charge in [0, 0.05) is 20.1 Å². The van der Waals surface area contributed by atoms with Crippen LogP contribution in [0.1, 0.15) is 25.0 Å². The number of hydrogen-bond donors (Lipinski definition) is 1. The standard InChI is InChI=1S/C16H28N2O3S/c1-12(2)11-17-7-8-18(5)22(19,20)16-13(3)9-15(21-6)10-14(16)4/h9-10,12,17H,7-8,11H2,1-6H3. The Morgan fingerprint density at radius 2 is 1.77 bits per heavy atom. The number of sulfonamides is 1. The fourth-order valence-corrected chi connectivity index (χ4v) is 3.91. The Kier molecular flexibility index (Phi) is 6.84. The molecule has 1 aromatic rings. The molecule has 0 saturated heterocycles. The molecule has 22 heavy (non-hydrogen) atoms. The van der Waals surface area contributed by atoms with E-state index in [-0.39, 0.29) is 0 Å². The van der Waals surface area contributed by atoms with Crippen LogP contribution in [0.25, 0.3) is 0 Å². The third-order valence-electron chi connectivity index (χ3n) is 3.49. The molecule has 5 nitrogen and oxygen atoms in total. The van der Waals surface area contributed by atoms with Gasteiger partial charge in [0.25, 0.3) is 0 Å². The fraction of sp³-hybridized carbons (Fsp3) is 0.625. The first-order valence-corrected chi connectivity index (χ1v) is 8.96. The van der Waals surface area contributed by atoms with E-state index in [2.05, 4.69) is 19.2 Å². The molecule has 126 valence electrons. The van der Waals surface area contributed by atoms with Gasteiger partial charge in [-0.25, -0.2) is 8.42 Å². The van der Waals surface area contributed by atoms with Gasteiger partial charge in [-0.1, -0.05) is 13.8 Å². The van der Waals surface area contributed by atoms with Crippen LogP contribution >= 0.6 is 0 Å². The number of rotatable bonds is 8. The minimum absolute atomic E-state index is 0.375. The SMILES string of the molecule is COc1cc(C)c(S(=O)(=O)N(C)CCNCC(C)C)c(C)c1. The second-order valence-corrected chi connectivity index (χ2v) is 8.00. The third kappa shape index (κ3) is 4.69. The summed E-state index contributed by atoms with van der Waals surface area (Å²) in [4.78, 5) is 0.375. The van der Waals surface area contributed by atoms with Gasteiger partial charge in [-0.05, 0) is 49.6 Å². The van der Waals surface area contributed by atoms with Gasteiger partial charge in [-0.3, -0.25) is 0 Å². The van der Waals surface area contributed by atoms with E-state index in [1.54, 1.807) is 40.1 Å². The second kappa shape index (κ2) is 7.94. The molecule has 0 atom stereocenters. The zero-order chi connectivity index (χ0) is 16.9. The molecular weight excluding hydrogens is 300 g/mol. The predicted molar refractivity (Wildman–Crippen MR) is 90.0 cm³/mol. The minimum Gasteiger partial charge on any atom is -0.497 e. The van der Waals surface area contributed by atoms with Crippen molar-refractivity contribution < 1.29 is 13.2 Å². The van der Waals surface area contributed by atoms with Gasteiger partial charge in [0.15, 0.2) is 0 Å². The van der Waals surface area contributed by atoms with Crippen molar-refractivity contribution in [1.82, 2.24) is 9.62 Å². The number of benzene rings is 1. The van der Waals surface area contributed by atoms with E-state index in [4.69, 9.17) is 4.74 Å². The van der Waals surface area contributed by atoms with Gasteiger partial charge < -0.3 is 10.1 Å². The molecule has 0 bridgehead atoms. The molecule has 0 fully saturated rings. The molecule has 1 rings (SSSR count). The lowest BCUT2D eigenvalue weighted by atomic mass is 10.1. The summed E-state index contributed by atoms with van der Waals surface area (Å²) in [7, 11) is -0.289. The largest absolute Gasteiger partial charge is 0.497 e. The Morgan fingerprint density at radius 3 is 2.23 bits per heavy atom. The second-order valence-electron chi connectivity index (χ2n) is 6.01. The number of hydrogen-bond acceptors (Lipinski definition) is 4. The Hall–Kier alpha value is -1.11. The predicted octanol–water partition coefficient (Wildman–Crippen LogP) is 2.18. The summed E-state index contributed by atoms with van der Waals surface area (Å²) in [6.45, 7) is 9.81. The molecular formula is C16H28N2O3S. The van der Waals surface area contributed by atoms with Crippen LogP contribution in [0.3, 0.4) is 0 Å². The molecule has 0 aliphatic carbocycles. The van der Waals surface area contributed by atoms with Gasteiger partial charge in [0.2, 0.25) is 10.0 Å². The molecule has 0 aliphatic rings. The van der Waals surface area contributed by atoms with Crippen molar-refractivity contribution in [3.63, 3.8) is 0 Å². The number of methoxy groups -OCH3 is 1. The minimum atomic E-state index is -3.49. The van der Waals surface area contributed by atoms with Crippen LogP contribution in [0.4, 0.5) is 0 Å². The average molecular weight is 328 g/mol. The normalized spacial score (nSPS) is 12.2. The topological polar surface area (TPSA) is 58.6 Å². The van der Waals surface area contributed by atoms with E-state index in [1.165, 1.54) is 4.31 Å². The molecule has 0 aliphatic heterocycles. The quantitative estimate of drug-likeness (QED) is 0.743. The molecule has 0 spiro atoms. The zero-order valence-electron chi connectivity index (χ0n) is 14.4. The summed E-state index contributed by atoms with van der Waals surface area (Å²) in [6, 6.07) is 3.51. The highest BCUT2D eigenvalue weighted by Crippen LogP contribution is 2.27. The van der Waals surface area contributed by atoms with E-state index >= 15 is 0 Å². The number of likely N-dealkylation sites (N-methyl/N-ethyl adjacent to an activating group) is 1. The molecule has 0 saturated carbocycles. The fourth-order valence-electron chi connectivity index (χ4n) is 2.34. The van der Waals surface area contributed by atoms with Crippen molar-refractivity contribution in [3.05, 3.63) is 23.3 Å². The van der Waals surface area contributed by atoms with E-state index in [1.807, 2.05) is 0 Å². The summed E-state index contributed by atoms with van der Waals surface area (Å²) < 4.78 is 32.1. The first kappa shape index (κ1) is 18.9. The van der Waals surface area contributed by atoms with Crippen LogP contribution in [0.15, 0.2) is 17.0 Å². The molecule has 1 aromatic carbocycles. The third-order valence-corrected chi connectivity index (χ3v) is 5.66. The van der Waals surface area contributed by atoms with E-state index in [0.717, 1.165) is 6.54 Å². The van der Waals surface area contributed by atoms with E-state index < -0.39 is 10.0 Å². The average Bonchev–Trinajstić information content (AvgIpc) is 2.41. The highest BCUT2D eigenvalue weighted by molar-refractivity contribution is 7.89. The number of ether oxygens (including phenoxy) is 1. The first-order valence-electron chi connectivity index (χ1n) is 7.52. The van der Waals surface area contributed by atoms with Crippen LogP contribution in [0, 0.1) is 19.8 Å². The Morgan fingerprint density at radius 1 is 1.23 bits per heavy atom. The van der Waals surface area contributed by atoms with Crippen molar-refractivity contribution in [2.75, 3.05) is 33.8 Å². The Labute approximate surface area is 134 Å². The van der Waals surface area contributed by atoms with Gasteiger partial charge in [-0.15, -0.1) is 0 Å². The summed E-state index contributed by atoms with van der Waals surface area (Å²) in [5.41, 5.74) is 1.41. The van der Waals surface area contributed by atoms with Gasteiger partial charge in [0.05, 0.1) is 12.0 Å². The molecule has 0 radical (unpaired) electrons. The monoisotopic (exact) mass is 328 g/mol. The van der Waals surface area contributed by atoms with Crippen molar-refractivity contribution in [2.45, 2.75) is 32.6 Å². The molecule has 0 aromatic heterocycles. The zero-order valence-corrected chi connectivity index (χ0v) is 15.3. The van der Waals surface area contributed by atoms with Crippen LogP contribution < -0.4 is 10.1 Å². The maximum absolute atomic E-state index is 12.8. The summed E-state index contributed by atoms with van der Waals surface area (Å²) in [5, 5.41) is 3.26. The van der Waals surface area contributed by atoms with Crippen LogP contribution in [0.5, 0.6) is 5.75 Å². The van der Waals surface area contributed by atoms with E-state index in [9.17, 15) is 8.42 Å². The highest BCUT2D eigenvalue weighted by atomic mass is 32.2. The van der Waals surface area contributed by atoms with Crippen LogP contribution in [0.2, 0.25) is 0 Å². The van der Waals surface area contributed by atoms with Crippen LogP contribution in [-0.2, 0) is 10.0 Å². The maximum Gasteiger partial charge on any atom is 0.243 e. The lowest BCUT2D eigenvalue weighted by molar-refractivity contribution is 0.413. The number of nitrogens with zero attached hydrogens (tertiary/aromatic N) is 1. The summed E-state index contributed by atoms with van der Waals surface area (Å²) >= 11 is 0. The van der Waals surface area contributed by atoms with Gasteiger partial charge in [0.1, 0.15) is 5.75 Å². The molecule has 0 heterocycles. The smallest absolute Gasteiger partial charge is 0.243 e. The van der Waals surface area contributed by atoms with Crippen molar-refractivity contribution in [1.29, 1.82) is 0 Å². The Balaban J connectivity index is 2.90. The van der Waals surface area contributed by atoms with Crippen molar-refractivity contribution >= 4 is 10.0 Å². The number of aryl methyl sites for hydroxylation is 2. The summed E-state index contributed by atoms with van der Waals surface area (Å²) in [5.74, 6) is 1.23. The lowest BCUT2D eigenvalue weighted by Gasteiger charge is -2.21.